The number of ether oxygens (including phenoxy) is 2. The summed E-state index contributed by atoms with van der Waals surface area (Å²) in [6.45, 7) is 0.502. The first-order chi connectivity index (χ1) is 7.65. The lowest BCUT2D eigenvalue weighted by Crippen LogP contribution is -2.40. The van der Waals surface area contributed by atoms with Crippen molar-refractivity contribution in [2.75, 3.05) is 6.61 Å². The van der Waals surface area contributed by atoms with Gasteiger partial charge in [-0.25, -0.2) is 4.79 Å². The van der Waals surface area contributed by atoms with E-state index in [0.29, 0.717) is 13.0 Å². The third-order valence-corrected chi connectivity index (χ3v) is 2.89. The standard InChI is InChI=1S/C9H9FN2O4/c10-4-2-12(9(14)11-8(4)13)7-1-5-6(16-7)3-15-5/h2,5-7H,1,3H2,(H,11,13,14)/t5-,6-,7+/m0/s1. The first kappa shape index (κ1) is 9.73. The Hall–Kier alpha value is -1.47. The van der Waals surface area contributed by atoms with Crippen LogP contribution in [0.2, 0.25) is 0 Å². The molecule has 1 N–H and O–H groups in total. The van der Waals surface area contributed by atoms with Crippen molar-refractivity contribution in [2.24, 2.45) is 0 Å². The number of nitrogens with zero attached hydrogens (tertiary/aromatic N) is 1. The molecule has 0 aromatic carbocycles. The summed E-state index contributed by atoms with van der Waals surface area (Å²) < 4.78 is 24.8. The summed E-state index contributed by atoms with van der Waals surface area (Å²) in [4.78, 5) is 24.2. The van der Waals surface area contributed by atoms with Crippen LogP contribution in [0.15, 0.2) is 15.8 Å². The van der Waals surface area contributed by atoms with E-state index in [-0.39, 0.29) is 12.2 Å². The number of hydrogen-bond donors (Lipinski definition) is 1. The molecule has 86 valence electrons. The zero-order valence-electron chi connectivity index (χ0n) is 8.18. The number of aromatic amines is 1. The van der Waals surface area contributed by atoms with E-state index in [2.05, 4.69) is 0 Å². The lowest BCUT2D eigenvalue weighted by Gasteiger charge is -2.28. The summed E-state index contributed by atoms with van der Waals surface area (Å²) in [7, 11) is 0. The van der Waals surface area contributed by atoms with Gasteiger partial charge in [0.15, 0.2) is 0 Å². The van der Waals surface area contributed by atoms with Gasteiger partial charge in [-0.3, -0.25) is 14.3 Å². The van der Waals surface area contributed by atoms with E-state index in [9.17, 15) is 14.0 Å². The molecule has 1 aromatic heterocycles. The van der Waals surface area contributed by atoms with Gasteiger partial charge in [-0.2, -0.15) is 4.39 Å². The van der Waals surface area contributed by atoms with Crippen LogP contribution in [0.1, 0.15) is 12.6 Å². The predicted molar refractivity (Wildman–Crippen MR) is 49.5 cm³/mol. The predicted octanol–water partition coefficient (Wildman–Crippen LogP) is -0.638. The highest BCUT2D eigenvalue weighted by Gasteiger charge is 2.44. The maximum absolute atomic E-state index is 13.0. The van der Waals surface area contributed by atoms with Crippen LogP contribution >= 0.6 is 0 Å². The van der Waals surface area contributed by atoms with Crippen molar-refractivity contribution in [1.29, 1.82) is 0 Å². The van der Waals surface area contributed by atoms with Crippen molar-refractivity contribution >= 4 is 0 Å². The molecular formula is C9H9FN2O4. The molecule has 2 aliphatic rings. The molecule has 0 aliphatic carbocycles. The van der Waals surface area contributed by atoms with Crippen LogP contribution in [0.3, 0.4) is 0 Å². The normalized spacial score (nSPS) is 32.2. The molecule has 2 fully saturated rings. The van der Waals surface area contributed by atoms with Gasteiger partial charge in [-0.15, -0.1) is 0 Å². The van der Waals surface area contributed by atoms with Crippen LogP contribution in [0.5, 0.6) is 0 Å². The summed E-state index contributed by atoms with van der Waals surface area (Å²) in [5.41, 5.74) is -1.68. The summed E-state index contributed by atoms with van der Waals surface area (Å²) in [5.74, 6) is -0.997. The first-order valence-electron chi connectivity index (χ1n) is 4.93. The molecule has 0 amide bonds. The molecule has 3 heterocycles. The summed E-state index contributed by atoms with van der Waals surface area (Å²) in [5, 5.41) is 0. The van der Waals surface area contributed by atoms with Crippen molar-refractivity contribution < 1.29 is 13.9 Å². The molecule has 2 aliphatic heterocycles. The average Bonchev–Trinajstić information content (AvgIpc) is 2.49. The quantitative estimate of drug-likeness (QED) is 0.694. The van der Waals surface area contributed by atoms with E-state index in [4.69, 9.17) is 9.47 Å². The van der Waals surface area contributed by atoms with Crippen LogP contribution in [0, 0.1) is 5.82 Å². The molecule has 3 atom stereocenters. The lowest BCUT2D eigenvalue weighted by molar-refractivity contribution is -0.149. The van der Waals surface area contributed by atoms with E-state index >= 15 is 0 Å². The van der Waals surface area contributed by atoms with Crippen LogP contribution < -0.4 is 11.2 Å². The second-order valence-electron chi connectivity index (χ2n) is 3.88. The van der Waals surface area contributed by atoms with Gasteiger partial charge in [0.1, 0.15) is 12.3 Å². The molecule has 6 nitrogen and oxygen atoms in total. The zero-order valence-corrected chi connectivity index (χ0v) is 8.18. The van der Waals surface area contributed by atoms with Gasteiger partial charge in [-0.05, 0) is 0 Å². The van der Waals surface area contributed by atoms with Gasteiger partial charge in [0.25, 0.3) is 5.56 Å². The second-order valence-corrected chi connectivity index (χ2v) is 3.88. The van der Waals surface area contributed by atoms with Crippen LogP contribution in [0.25, 0.3) is 0 Å². The average molecular weight is 228 g/mol. The summed E-state index contributed by atoms with van der Waals surface area (Å²) in [6, 6.07) is 0. The zero-order chi connectivity index (χ0) is 11.3. The fourth-order valence-corrected chi connectivity index (χ4v) is 1.97. The van der Waals surface area contributed by atoms with Gasteiger partial charge < -0.3 is 9.47 Å². The summed E-state index contributed by atoms with van der Waals surface area (Å²) >= 11 is 0. The second kappa shape index (κ2) is 3.26. The van der Waals surface area contributed by atoms with Gasteiger partial charge in [-0.1, -0.05) is 0 Å². The largest absolute Gasteiger partial charge is 0.372 e. The van der Waals surface area contributed by atoms with Crippen LogP contribution in [-0.4, -0.2) is 28.4 Å². The SMILES string of the molecule is O=c1[nH]c(=O)n([C@H]2C[C@@H]3OC[C@@H]3O2)cc1F. The Morgan fingerprint density at radius 3 is 2.81 bits per heavy atom. The van der Waals surface area contributed by atoms with Crippen molar-refractivity contribution in [2.45, 2.75) is 24.9 Å². The van der Waals surface area contributed by atoms with Crippen LogP contribution in [0.4, 0.5) is 4.39 Å². The van der Waals surface area contributed by atoms with Gasteiger partial charge in [0, 0.05) is 6.42 Å². The van der Waals surface area contributed by atoms with E-state index in [1.165, 1.54) is 0 Å². The van der Waals surface area contributed by atoms with E-state index in [0.717, 1.165) is 10.8 Å². The number of nitrogens with one attached hydrogen (secondary N) is 1. The molecule has 2 saturated heterocycles. The first-order valence-corrected chi connectivity index (χ1v) is 4.93. The van der Waals surface area contributed by atoms with Gasteiger partial charge in [0.2, 0.25) is 5.82 Å². The van der Waals surface area contributed by atoms with Crippen molar-refractivity contribution in [3.05, 3.63) is 32.9 Å². The maximum atomic E-state index is 13.0. The van der Waals surface area contributed by atoms with Gasteiger partial charge in [0.05, 0.1) is 18.9 Å². The minimum Gasteiger partial charge on any atom is -0.372 e. The van der Waals surface area contributed by atoms with Crippen molar-refractivity contribution in [1.82, 2.24) is 9.55 Å². The van der Waals surface area contributed by atoms with E-state index < -0.39 is 23.3 Å². The Kier molecular flexibility index (Phi) is 1.98. The third-order valence-electron chi connectivity index (χ3n) is 2.89. The molecule has 0 radical (unpaired) electrons. The minimum absolute atomic E-state index is 0.0214. The number of rotatable bonds is 1. The molecule has 0 unspecified atom stereocenters. The number of fused-ring (bicyclic) bond motifs is 1. The molecule has 1 aromatic rings. The highest BCUT2D eigenvalue weighted by Crippen LogP contribution is 2.35. The van der Waals surface area contributed by atoms with Crippen molar-refractivity contribution in [3.63, 3.8) is 0 Å². The number of hydrogen-bond acceptors (Lipinski definition) is 4. The highest BCUT2D eigenvalue weighted by molar-refractivity contribution is 4.93. The third kappa shape index (κ3) is 1.32. The topological polar surface area (TPSA) is 73.3 Å². The Balaban J connectivity index is 1.97. The Labute approximate surface area is 88.6 Å². The molecule has 0 spiro atoms. The Morgan fingerprint density at radius 1 is 1.44 bits per heavy atom. The van der Waals surface area contributed by atoms with E-state index in [1.807, 2.05) is 4.98 Å². The number of H-pyrrole nitrogens is 1. The maximum Gasteiger partial charge on any atom is 0.330 e. The van der Waals surface area contributed by atoms with Crippen molar-refractivity contribution in [3.8, 4) is 0 Å². The highest BCUT2D eigenvalue weighted by atomic mass is 19.1. The monoisotopic (exact) mass is 228 g/mol. The van der Waals surface area contributed by atoms with Gasteiger partial charge >= 0.3 is 5.69 Å². The summed E-state index contributed by atoms with van der Waals surface area (Å²) in [6.07, 6.45) is 0.766. The fraction of sp³-hybridized carbons (Fsp3) is 0.556. The number of halogens is 1. The smallest absolute Gasteiger partial charge is 0.330 e. The lowest BCUT2D eigenvalue weighted by atomic mass is 10.1. The Morgan fingerprint density at radius 2 is 2.25 bits per heavy atom. The molecule has 0 bridgehead atoms. The number of aromatic nitrogens is 2. The van der Waals surface area contributed by atoms with E-state index in [1.54, 1.807) is 0 Å². The fourth-order valence-electron chi connectivity index (χ4n) is 1.97. The molecule has 3 rings (SSSR count). The molecule has 7 heteroatoms. The molecule has 16 heavy (non-hydrogen) atoms. The van der Waals surface area contributed by atoms with Crippen LogP contribution in [-0.2, 0) is 9.47 Å². The molecule has 0 saturated carbocycles. The molecular weight excluding hydrogens is 219 g/mol. The Bertz CT molecular complexity index is 525. The minimum atomic E-state index is -1.02.